The topological polar surface area (TPSA) is 407 Å². The Labute approximate surface area is 403 Å². The summed E-state index contributed by atoms with van der Waals surface area (Å²) in [6.07, 6.45) is 2.29. The molecular weight excluding hydrogens is 976 g/mol. The number of aliphatic hydroxyl groups is 2. The van der Waals surface area contributed by atoms with Gasteiger partial charge in [0.25, 0.3) is 40.5 Å². The molecule has 4 aromatic carbocycles. The standard InChI is InChI=1S/C36H36N12O14S4.Na/c49-15-13-37-31-43-33(39-23-3-1-5-27(17-23)63(51,52)53)47-35(45-31)41-25-11-9-21(29(19-25)65(57,58)59)7-8-22-10-12-26(20-30(22)66(60,61)62)42-36-46-32(38-14-16-50)44-34(48-36)40-24-4-2-6-28(18-24)64(54,55)56;/h1-12,17-20,49-50H,13-16H2,(H,51,52,53)(H,54,55,56)(H,57,58,59)(H,60,61,62)(H3,37,39,41,43,45,47)(H3,38,40,42,44,46,48);. The fourth-order valence-electron chi connectivity index (χ4n) is 5.58. The fourth-order valence-corrected chi connectivity index (χ4v) is 8.05. The molecule has 1 radical (unpaired) electrons. The van der Waals surface area contributed by atoms with Crippen molar-refractivity contribution in [2.24, 2.45) is 0 Å². The zero-order valence-corrected chi connectivity index (χ0v) is 39.6. The third kappa shape index (κ3) is 14.7. The van der Waals surface area contributed by atoms with E-state index < -0.39 is 60.1 Å². The molecule has 0 atom stereocenters. The quantitative estimate of drug-likeness (QED) is 0.0297. The summed E-state index contributed by atoms with van der Waals surface area (Å²) in [4.78, 5) is 22.9. The Morgan fingerprint density at radius 1 is 0.418 bits per heavy atom. The maximum Gasteiger partial charge on any atom is 0.295 e. The van der Waals surface area contributed by atoms with Crippen molar-refractivity contribution in [3.8, 4) is 0 Å². The van der Waals surface area contributed by atoms with Gasteiger partial charge in [-0.1, -0.05) is 36.4 Å². The molecule has 0 saturated heterocycles. The smallest absolute Gasteiger partial charge is 0.295 e. The first-order chi connectivity index (χ1) is 31.1. The molecule has 26 nitrogen and oxygen atoms in total. The minimum atomic E-state index is -4.98. The van der Waals surface area contributed by atoms with E-state index in [1.807, 2.05) is 0 Å². The van der Waals surface area contributed by atoms with Crippen molar-refractivity contribution in [2.75, 3.05) is 58.2 Å². The normalized spacial score (nSPS) is 12.0. The fraction of sp³-hybridized carbons (Fsp3) is 0.111. The van der Waals surface area contributed by atoms with E-state index in [0.29, 0.717) is 0 Å². The minimum absolute atomic E-state index is 0. The van der Waals surface area contributed by atoms with E-state index in [2.05, 4.69) is 61.8 Å². The average Bonchev–Trinajstić information content (AvgIpc) is 3.23. The second kappa shape index (κ2) is 21.7. The van der Waals surface area contributed by atoms with Crippen LogP contribution in [-0.2, 0) is 40.5 Å². The zero-order valence-electron chi connectivity index (χ0n) is 34.3. The van der Waals surface area contributed by atoms with Crippen molar-refractivity contribution >= 4 is 141 Å². The molecule has 2 heterocycles. The molecule has 0 saturated carbocycles. The number of nitrogens with zero attached hydrogens (tertiary/aromatic N) is 6. The third-order valence-electron chi connectivity index (χ3n) is 8.37. The van der Waals surface area contributed by atoms with E-state index >= 15 is 0 Å². The van der Waals surface area contributed by atoms with E-state index in [9.17, 15) is 62.1 Å². The molecule has 0 aliphatic rings. The van der Waals surface area contributed by atoms with Gasteiger partial charge in [0.2, 0.25) is 35.7 Å². The summed E-state index contributed by atoms with van der Waals surface area (Å²) >= 11 is 0. The number of aromatic nitrogens is 6. The van der Waals surface area contributed by atoms with Gasteiger partial charge in [-0.05, 0) is 71.8 Å². The van der Waals surface area contributed by atoms with Crippen LogP contribution in [0.5, 0.6) is 0 Å². The van der Waals surface area contributed by atoms with Gasteiger partial charge in [-0.3, -0.25) is 18.2 Å². The minimum Gasteiger partial charge on any atom is -0.395 e. The van der Waals surface area contributed by atoms with Gasteiger partial charge in [-0.25, -0.2) is 0 Å². The van der Waals surface area contributed by atoms with E-state index in [1.54, 1.807) is 0 Å². The van der Waals surface area contributed by atoms with Gasteiger partial charge in [0.05, 0.1) is 23.0 Å². The van der Waals surface area contributed by atoms with E-state index in [1.165, 1.54) is 48.5 Å². The molecule has 6 aromatic rings. The Kier molecular flexibility index (Phi) is 16.9. The monoisotopic (exact) mass is 1010 g/mol. The SMILES string of the molecule is O=S(=O)(O)c1cccc(Nc2nc(NCCO)nc(Nc3ccc(C=Cc4ccc(Nc5nc(NCCO)nc(Nc6cccc(S(=O)(=O)O)c6)n5)cc4S(=O)(=O)O)c(S(=O)(=O)O)c3)n2)c1.[Na]. The summed E-state index contributed by atoms with van der Waals surface area (Å²) in [5.74, 6) is -0.911. The number of aliphatic hydroxyl groups excluding tert-OH is 2. The van der Waals surface area contributed by atoms with Crippen LogP contribution in [0.2, 0.25) is 0 Å². The van der Waals surface area contributed by atoms with Gasteiger partial charge in [-0.15, -0.1) is 0 Å². The molecule has 0 bridgehead atoms. The maximum atomic E-state index is 12.6. The van der Waals surface area contributed by atoms with Gasteiger partial charge < -0.3 is 42.1 Å². The Morgan fingerprint density at radius 3 is 1.03 bits per heavy atom. The van der Waals surface area contributed by atoms with Crippen LogP contribution < -0.4 is 31.9 Å². The zero-order chi connectivity index (χ0) is 47.9. The molecule has 0 unspecified atom stereocenters. The summed E-state index contributed by atoms with van der Waals surface area (Å²) in [6.45, 7) is -0.641. The number of anilines is 10. The molecule has 2 aromatic heterocycles. The van der Waals surface area contributed by atoms with Gasteiger partial charge in [0.15, 0.2) is 0 Å². The summed E-state index contributed by atoms with van der Waals surface area (Å²) < 4.78 is 136. The van der Waals surface area contributed by atoms with Gasteiger partial charge in [-0.2, -0.15) is 63.6 Å². The van der Waals surface area contributed by atoms with Crippen LogP contribution in [-0.4, -0.2) is 148 Å². The number of rotatable bonds is 20. The third-order valence-corrected chi connectivity index (χ3v) is 11.9. The number of hydrogen-bond acceptors (Lipinski definition) is 22. The van der Waals surface area contributed by atoms with Crippen molar-refractivity contribution in [1.29, 1.82) is 0 Å². The molecule has 6 rings (SSSR count). The Morgan fingerprint density at radius 2 is 0.731 bits per heavy atom. The number of benzene rings is 4. The maximum absolute atomic E-state index is 12.6. The molecule has 67 heavy (non-hydrogen) atoms. The van der Waals surface area contributed by atoms with Gasteiger partial charge in [0, 0.05) is 65.4 Å². The first kappa shape index (κ1) is 52.0. The molecule has 0 fully saturated rings. The van der Waals surface area contributed by atoms with Crippen LogP contribution in [0.3, 0.4) is 0 Å². The van der Waals surface area contributed by atoms with Crippen molar-refractivity contribution in [2.45, 2.75) is 19.6 Å². The molecule has 349 valence electrons. The van der Waals surface area contributed by atoms with Gasteiger partial charge >= 0.3 is 0 Å². The molecule has 0 amide bonds. The van der Waals surface area contributed by atoms with E-state index in [-0.39, 0.29) is 125 Å². The van der Waals surface area contributed by atoms with Crippen LogP contribution in [0, 0.1) is 0 Å². The largest absolute Gasteiger partial charge is 0.395 e. The van der Waals surface area contributed by atoms with Crippen molar-refractivity contribution in [1.82, 2.24) is 29.9 Å². The van der Waals surface area contributed by atoms with Gasteiger partial charge in [0.1, 0.15) is 9.79 Å². The van der Waals surface area contributed by atoms with Crippen LogP contribution >= 0.6 is 0 Å². The van der Waals surface area contributed by atoms with E-state index in [0.717, 1.165) is 48.6 Å². The Balaban J connectivity index is 0.00000840. The second-order valence-electron chi connectivity index (χ2n) is 13.2. The molecule has 31 heteroatoms. The van der Waals surface area contributed by atoms with Crippen LogP contribution in [0.25, 0.3) is 12.2 Å². The predicted molar refractivity (Wildman–Crippen MR) is 244 cm³/mol. The summed E-state index contributed by atoms with van der Waals surface area (Å²) in [5.41, 5.74) is -0.00857. The predicted octanol–water partition coefficient (Wildman–Crippen LogP) is 2.62. The number of hydrogen-bond donors (Lipinski definition) is 12. The Hall–Kier alpha value is -6.00. The molecule has 12 N–H and O–H groups in total. The van der Waals surface area contributed by atoms with Crippen LogP contribution in [0.15, 0.2) is 105 Å². The first-order valence-corrected chi connectivity index (χ1v) is 24.2. The van der Waals surface area contributed by atoms with Crippen molar-refractivity contribution < 1.29 is 62.1 Å². The first-order valence-electron chi connectivity index (χ1n) is 18.4. The van der Waals surface area contributed by atoms with Crippen LogP contribution in [0.4, 0.5) is 58.4 Å². The van der Waals surface area contributed by atoms with Crippen molar-refractivity contribution in [3.63, 3.8) is 0 Å². The molecule has 0 aliphatic heterocycles. The second-order valence-corrected chi connectivity index (χ2v) is 18.8. The molecular formula is C36H36N12NaO14S4. The Bertz CT molecular complexity index is 3070. The van der Waals surface area contributed by atoms with Crippen molar-refractivity contribution in [3.05, 3.63) is 96.1 Å². The summed E-state index contributed by atoms with van der Waals surface area (Å²) in [7, 11) is -19.1. The molecule has 0 aliphatic carbocycles. The molecule has 0 spiro atoms. The summed E-state index contributed by atoms with van der Waals surface area (Å²) in [6, 6.07) is 17.3. The average molecular weight is 1010 g/mol. The van der Waals surface area contributed by atoms with Crippen LogP contribution in [0.1, 0.15) is 11.1 Å². The summed E-state index contributed by atoms with van der Waals surface area (Å²) in [5, 5.41) is 35.1. The number of nitrogens with one attached hydrogen (secondary N) is 6. The van der Waals surface area contributed by atoms with E-state index in [4.69, 9.17) is 0 Å².